The topological polar surface area (TPSA) is 67.3 Å². The number of anilines is 1. The third-order valence-electron chi connectivity index (χ3n) is 6.75. The van der Waals surface area contributed by atoms with Gasteiger partial charge in [0.15, 0.2) is 0 Å². The summed E-state index contributed by atoms with van der Waals surface area (Å²) in [7, 11) is 0. The van der Waals surface area contributed by atoms with E-state index < -0.39 is 0 Å². The van der Waals surface area contributed by atoms with Gasteiger partial charge in [0.05, 0.1) is 6.61 Å². The molecule has 0 bridgehead atoms. The molecule has 0 aromatic carbocycles. The van der Waals surface area contributed by atoms with Gasteiger partial charge in [-0.3, -0.25) is 4.79 Å². The summed E-state index contributed by atoms with van der Waals surface area (Å²) in [6.45, 7) is 8.61. The number of carbonyl (C=O) groups excluding carboxylic acids is 1. The highest BCUT2D eigenvalue weighted by Gasteiger charge is 2.46. The number of amides is 1. The van der Waals surface area contributed by atoms with Gasteiger partial charge in [-0.25, -0.2) is 9.97 Å². The molecule has 3 fully saturated rings. The molecule has 1 spiro atoms. The van der Waals surface area contributed by atoms with E-state index in [1.165, 1.54) is 0 Å². The van der Waals surface area contributed by atoms with E-state index >= 15 is 0 Å². The van der Waals surface area contributed by atoms with Gasteiger partial charge >= 0.3 is 0 Å². The second-order valence-electron chi connectivity index (χ2n) is 8.61. The molecule has 1 saturated carbocycles. The smallest absolute Gasteiger partial charge is 0.223 e. The minimum Gasteiger partial charge on any atom is -0.381 e. The van der Waals surface area contributed by atoms with Gasteiger partial charge in [-0.2, -0.15) is 0 Å². The maximum absolute atomic E-state index is 12.4. The Kier molecular flexibility index (Phi) is 4.86. The predicted molar refractivity (Wildman–Crippen MR) is 99.9 cm³/mol. The predicted octanol–water partition coefficient (Wildman–Crippen LogP) is 2.18. The van der Waals surface area contributed by atoms with Crippen LogP contribution in [-0.4, -0.2) is 48.7 Å². The Morgan fingerprint density at radius 1 is 1.42 bits per heavy atom. The van der Waals surface area contributed by atoms with Crippen LogP contribution in [0.15, 0.2) is 12.5 Å². The van der Waals surface area contributed by atoms with Crippen molar-refractivity contribution in [2.24, 2.45) is 23.2 Å². The molecule has 1 aromatic heterocycles. The molecule has 3 aliphatic rings. The minimum absolute atomic E-state index is 0.206. The number of ether oxygens (including phenoxy) is 1. The first-order chi connectivity index (χ1) is 12.6. The van der Waals surface area contributed by atoms with Crippen molar-refractivity contribution in [2.75, 3.05) is 37.7 Å². The Bertz CT molecular complexity index is 653. The molecule has 1 aliphatic carbocycles. The average Bonchev–Trinajstić information content (AvgIpc) is 3.08. The van der Waals surface area contributed by atoms with Crippen molar-refractivity contribution in [1.82, 2.24) is 15.3 Å². The van der Waals surface area contributed by atoms with Gasteiger partial charge in [0, 0.05) is 55.3 Å². The normalized spacial score (nSPS) is 33.9. The highest BCUT2D eigenvalue weighted by molar-refractivity contribution is 5.79. The number of aromatic nitrogens is 2. The van der Waals surface area contributed by atoms with E-state index in [0.717, 1.165) is 69.9 Å². The van der Waals surface area contributed by atoms with Crippen LogP contribution >= 0.6 is 0 Å². The van der Waals surface area contributed by atoms with E-state index in [1.807, 2.05) is 6.20 Å². The van der Waals surface area contributed by atoms with E-state index in [-0.39, 0.29) is 17.2 Å². The Morgan fingerprint density at radius 3 is 2.96 bits per heavy atom. The number of aryl methyl sites for hydroxylation is 1. The van der Waals surface area contributed by atoms with Crippen LogP contribution in [0.4, 0.5) is 5.82 Å². The van der Waals surface area contributed by atoms with Crippen LogP contribution in [0, 0.1) is 30.1 Å². The molecule has 3 heterocycles. The van der Waals surface area contributed by atoms with Gasteiger partial charge in [0.2, 0.25) is 5.91 Å². The molecule has 0 radical (unpaired) electrons. The zero-order valence-electron chi connectivity index (χ0n) is 15.9. The molecule has 1 amide bonds. The first-order valence-corrected chi connectivity index (χ1v) is 9.94. The zero-order chi connectivity index (χ0) is 18.1. The van der Waals surface area contributed by atoms with Crippen LogP contribution in [0.2, 0.25) is 0 Å². The first-order valence-electron chi connectivity index (χ1n) is 9.94. The van der Waals surface area contributed by atoms with Crippen LogP contribution in [0.5, 0.6) is 0 Å². The SMILES string of the molecule is Cc1cncnc1N1CCC2(CCOC2)C(CNC(=O)C2CC(C)C2)C1. The second kappa shape index (κ2) is 7.14. The summed E-state index contributed by atoms with van der Waals surface area (Å²) in [5, 5.41) is 3.26. The van der Waals surface area contributed by atoms with Crippen molar-refractivity contribution in [2.45, 2.75) is 39.5 Å². The maximum atomic E-state index is 12.4. The molecular weight excluding hydrogens is 328 g/mol. The van der Waals surface area contributed by atoms with Crippen molar-refractivity contribution in [3.63, 3.8) is 0 Å². The standard InChI is InChI=1S/C20H30N4O2/c1-14-7-16(8-14)19(25)22-10-17-11-24(18-15(2)9-21-13-23-18)5-3-20(17)4-6-26-12-20/h9,13-14,16-17H,3-8,10-12H2,1-2H3,(H,22,25). The summed E-state index contributed by atoms with van der Waals surface area (Å²) >= 11 is 0. The molecule has 2 saturated heterocycles. The summed E-state index contributed by atoms with van der Waals surface area (Å²) in [4.78, 5) is 23.4. The second-order valence-corrected chi connectivity index (χ2v) is 8.61. The lowest BCUT2D eigenvalue weighted by molar-refractivity contribution is -0.129. The number of rotatable bonds is 4. The lowest BCUT2D eigenvalue weighted by Gasteiger charge is -2.46. The molecule has 6 nitrogen and oxygen atoms in total. The van der Waals surface area contributed by atoms with Gasteiger partial charge in [-0.1, -0.05) is 6.92 Å². The van der Waals surface area contributed by atoms with Crippen molar-refractivity contribution >= 4 is 11.7 Å². The number of carbonyl (C=O) groups is 1. The van der Waals surface area contributed by atoms with Gasteiger partial charge < -0.3 is 15.0 Å². The van der Waals surface area contributed by atoms with Crippen LogP contribution in [0.3, 0.4) is 0 Å². The first kappa shape index (κ1) is 17.7. The molecule has 1 aromatic rings. The van der Waals surface area contributed by atoms with Crippen LogP contribution in [-0.2, 0) is 9.53 Å². The molecule has 2 aliphatic heterocycles. The van der Waals surface area contributed by atoms with Crippen molar-refractivity contribution < 1.29 is 9.53 Å². The summed E-state index contributed by atoms with van der Waals surface area (Å²) in [6.07, 6.45) is 7.77. The number of hydrogen-bond acceptors (Lipinski definition) is 5. The summed E-state index contributed by atoms with van der Waals surface area (Å²) < 4.78 is 5.78. The number of nitrogens with zero attached hydrogens (tertiary/aromatic N) is 3. The fourth-order valence-corrected chi connectivity index (χ4v) is 4.94. The Morgan fingerprint density at radius 2 is 2.27 bits per heavy atom. The van der Waals surface area contributed by atoms with Gasteiger partial charge in [-0.15, -0.1) is 0 Å². The van der Waals surface area contributed by atoms with Gasteiger partial charge in [-0.05, 0) is 38.5 Å². The average molecular weight is 358 g/mol. The number of piperidine rings is 1. The lowest BCUT2D eigenvalue weighted by Crippen LogP contribution is -2.53. The molecule has 4 rings (SSSR count). The molecule has 2 atom stereocenters. The zero-order valence-corrected chi connectivity index (χ0v) is 15.9. The summed E-state index contributed by atoms with van der Waals surface area (Å²) in [5.74, 6) is 2.59. The number of nitrogens with one attached hydrogen (secondary N) is 1. The van der Waals surface area contributed by atoms with E-state index in [1.54, 1.807) is 6.33 Å². The Hall–Kier alpha value is -1.69. The molecule has 142 valence electrons. The monoisotopic (exact) mass is 358 g/mol. The largest absolute Gasteiger partial charge is 0.381 e. The Balaban J connectivity index is 1.45. The van der Waals surface area contributed by atoms with E-state index in [9.17, 15) is 4.79 Å². The van der Waals surface area contributed by atoms with Crippen molar-refractivity contribution in [3.05, 3.63) is 18.1 Å². The highest BCUT2D eigenvalue weighted by atomic mass is 16.5. The molecule has 2 unspecified atom stereocenters. The third kappa shape index (κ3) is 3.31. The summed E-state index contributed by atoms with van der Waals surface area (Å²) in [6, 6.07) is 0. The number of hydrogen-bond donors (Lipinski definition) is 1. The fraction of sp³-hybridized carbons (Fsp3) is 0.750. The van der Waals surface area contributed by atoms with Crippen molar-refractivity contribution in [1.29, 1.82) is 0 Å². The molecule has 1 N–H and O–H groups in total. The molecule has 6 heteroatoms. The van der Waals surface area contributed by atoms with E-state index in [4.69, 9.17) is 4.74 Å². The molecular formula is C20H30N4O2. The third-order valence-corrected chi connectivity index (χ3v) is 6.75. The van der Waals surface area contributed by atoms with Crippen LogP contribution in [0.1, 0.15) is 38.2 Å². The van der Waals surface area contributed by atoms with Gasteiger partial charge in [0.1, 0.15) is 12.1 Å². The van der Waals surface area contributed by atoms with Gasteiger partial charge in [0.25, 0.3) is 0 Å². The van der Waals surface area contributed by atoms with Crippen LogP contribution in [0.25, 0.3) is 0 Å². The quantitative estimate of drug-likeness (QED) is 0.894. The van der Waals surface area contributed by atoms with Crippen LogP contribution < -0.4 is 10.2 Å². The Labute approximate surface area is 155 Å². The van der Waals surface area contributed by atoms with E-state index in [2.05, 4.69) is 34.0 Å². The molecule has 26 heavy (non-hydrogen) atoms. The van der Waals surface area contributed by atoms with Crippen molar-refractivity contribution in [3.8, 4) is 0 Å². The maximum Gasteiger partial charge on any atom is 0.223 e. The van der Waals surface area contributed by atoms with E-state index in [0.29, 0.717) is 11.8 Å². The fourth-order valence-electron chi connectivity index (χ4n) is 4.94. The summed E-state index contributed by atoms with van der Waals surface area (Å²) in [5.41, 5.74) is 1.31. The lowest BCUT2D eigenvalue weighted by atomic mass is 9.69. The minimum atomic E-state index is 0.206. The highest BCUT2D eigenvalue weighted by Crippen LogP contribution is 2.44.